The number of nitro groups is 1. The molecule has 9 nitrogen and oxygen atoms in total. The first-order valence-corrected chi connectivity index (χ1v) is 11.4. The lowest BCUT2D eigenvalue weighted by Crippen LogP contribution is -2.49. The van der Waals surface area contributed by atoms with Crippen LogP contribution in [0.25, 0.3) is 0 Å². The van der Waals surface area contributed by atoms with E-state index >= 15 is 0 Å². The summed E-state index contributed by atoms with van der Waals surface area (Å²) in [6.07, 6.45) is 1.03. The molecule has 0 radical (unpaired) electrons. The number of rotatable bonds is 6. The fraction of sp³-hybridized carbons (Fsp3) is 0.381. The summed E-state index contributed by atoms with van der Waals surface area (Å²) in [5.74, 6) is -1.35. The van der Waals surface area contributed by atoms with Crippen LogP contribution < -0.4 is 0 Å². The second kappa shape index (κ2) is 8.03. The summed E-state index contributed by atoms with van der Waals surface area (Å²) >= 11 is 0. The molecule has 31 heavy (non-hydrogen) atoms. The molecule has 2 aliphatic rings. The Bertz CT molecular complexity index is 1090. The van der Waals surface area contributed by atoms with Gasteiger partial charge in [-0.1, -0.05) is 24.3 Å². The molecule has 1 aliphatic carbocycles. The molecule has 0 spiro atoms. The highest BCUT2D eigenvalue weighted by molar-refractivity contribution is 7.89. The number of morpholine rings is 1. The van der Waals surface area contributed by atoms with Crippen molar-refractivity contribution in [2.75, 3.05) is 26.3 Å². The molecule has 2 aromatic rings. The fourth-order valence-corrected chi connectivity index (χ4v) is 5.85. The van der Waals surface area contributed by atoms with Gasteiger partial charge in [-0.2, -0.15) is 4.31 Å². The zero-order valence-corrected chi connectivity index (χ0v) is 17.5. The second-order valence-corrected chi connectivity index (χ2v) is 9.70. The van der Waals surface area contributed by atoms with Crippen LogP contribution in [0.1, 0.15) is 29.9 Å². The number of ether oxygens (including phenoxy) is 1. The summed E-state index contributed by atoms with van der Waals surface area (Å²) in [4.78, 5) is 22.8. The summed E-state index contributed by atoms with van der Waals surface area (Å²) < 4.78 is 32.2. The number of nitrogens with zero attached hydrogens (tertiary/aromatic N) is 2. The minimum atomic E-state index is -3.63. The van der Waals surface area contributed by atoms with Crippen LogP contribution >= 0.6 is 0 Å². The Morgan fingerprint density at radius 1 is 1.10 bits per heavy atom. The van der Waals surface area contributed by atoms with Crippen molar-refractivity contribution < 1.29 is 28.0 Å². The van der Waals surface area contributed by atoms with E-state index in [-0.39, 0.29) is 16.5 Å². The number of hydrogen-bond acceptors (Lipinski definition) is 6. The number of hydrogen-bond donors (Lipinski definition) is 1. The highest BCUT2D eigenvalue weighted by Gasteiger charge is 2.54. The van der Waals surface area contributed by atoms with Gasteiger partial charge >= 0.3 is 5.97 Å². The van der Waals surface area contributed by atoms with E-state index in [4.69, 9.17) is 4.74 Å². The largest absolute Gasteiger partial charge is 0.481 e. The first-order valence-electron chi connectivity index (χ1n) is 9.93. The van der Waals surface area contributed by atoms with Crippen molar-refractivity contribution in [3.05, 3.63) is 69.8 Å². The lowest BCUT2D eigenvalue weighted by molar-refractivity contribution is -0.384. The zero-order valence-electron chi connectivity index (χ0n) is 16.6. The predicted octanol–water partition coefficient (Wildman–Crippen LogP) is 2.52. The van der Waals surface area contributed by atoms with Crippen molar-refractivity contribution in [2.24, 2.45) is 0 Å². The van der Waals surface area contributed by atoms with E-state index in [0.717, 1.165) is 5.56 Å². The second-order valence-electron chi connectivity index (χ2n) is 7.76. The van der Waals surface area contributed by atoms with E-state index in [9.17, 15) is 28.4 Å². The third kappa shape index (κ3) is 3.60. The first kappa shape index (κ1) is 21.4. The van der Waals surface area contributed by atoms with Crippen molar-refractivity contribution in [3.63, 3.8) is 0 Å². The number of sulfonamides is 1. The normalized spacial score (nSPS) is 24.3. The Labute approximate surface area is 179 Å². The summed E-state index contributed by atoms with van der Waals surface area (Å²) in [5, 5.41) is 21.0. The molecule has 1 heterocycles. The Morgan fingerprint density at radius 3 is 2.19 bits per heavy atom. The molecule has 2 unspecified atom stereocenters. The highest BCUT2D eigenvalue weighted by Crippen LogP contribution is 2.55. The quantitative estimate of drug-likeness (QED) is 0.533. The molecule has 2 fully saturated rings. The van der Waals surface area contributed by atoms with Gasteiger partial charge in [0.05, 0.1) is 28.4 Å². The lowest BCUT2D eigenvalue weighted by Gasteiger charge is -2.47. The fourth-order valence-electron chi connectivity index (χ4n) is 4.44. The summed E-state index contributed by atoms with van der Waals surface area (Å²) in [6, 6.07) is 12.0. The summed E-state index contributed by atoms with van der Waals surface area (Å²) in [5.41, 5.74) is -0.0580. The van der Waals surface area contributed by atoms with Gasteiger partial charge in [0.15, 0.2) is 0 Å². The molecule has 2 aromatic carbocycles. The third-order valence-corrected chi connectivity index (χ3v) is 8.20. The number of carbonyl (C=O) groups is 1. The highest BCUT2D eigenvalue weighted by atomic mass is 32.2. The average molecular weight is 446 g/mol. The molecule has 4 rings (SSSR count). The van der Waals surface area contributed by atoms with Crippen molar-refractivity contribution in [2.45, 2.75) is 29.1 Å². The van der Waals surface area contributed by atoms with E-state index in [1.807, 2.05) is 0 Å². The Balaban J connectivity index is 1.62. The SMILES string of the molecule is O=C(O)C1(c2ccc([N+](=O)[O-])cc2)CCC1c1ccc(S(=O)(=O)N2CCOCC2)cc1. The number of carboxylic acids is 1. The number of non-ortho nitro benzene ring substituents is 1. The van der Waals surface area contributed by atoms with E-state index < -0.39 is 26.3 Å². The molecule has 1 N–H and O–H groups in total. The number of benzene rings is 2. The maximum atomic E-state index is 12.8. The van der Waals surface area contributed by atoms with Gasteiger partial charge in [0.25, 0.3) is 5.69 Å². The maximum Gasteiger partial charge on any atom is 0.314 e. The van der Waals surface area contributed by atoms with E-state index in [1.165, 1.54) is 40.7 Å². The van der Waals surface area contributed by atoms with Crippen LogP contribution in [-0.4, -0.2) is 55.0 Å². The molecule has 10 heteroatoms. The average Bonchev–Trinajstić information content (AvgIpc) is 2.74. The number of aliphatic carboxylic acids is 1. The van der Waals surface area contributed by atoms with E-state index in [2.05, 4.69) is 0 Å². The Kier molecular flexibility index (Phi) is 5.54. The molecular formula is C21H22N2O7S. The van der Waals surface area contributed by atoms with Gasteiger partial charge in [0, 0.05) is 31.1 Å². The van der Waals surface area contributed by atoms with Crippen LogP contribution in [0.4, 0.5) is 5.69 Å². The van der Waals surface area contributed by atoms with Gasteiger partial charge < -0.3 is 9.84 Å². The van der Waals surface area contributed by atoms with Crippen LogP contribution in [0.5, 0.6) is 0 Å². The first-order chi connectivity index (χ1) is 14.8. The topological polar surface area (TPSA) is 127 Å². The van der Waals surface area contributed by atoms with Crippen LogP contribution in [0.2, 0.25) is 0 Å². The lowest BCUT2D eigenvalue weighted by atomic mass is 9.54. The third-order valence-electron chi connectivity index (χ3n) is 6.29. The maximum absolute atomic E-state index is 12.8. The van der Waals surface area contributed by atoms with Crippen molar-refractivity contribution in [1.29, 1.82) is 0 Å². The molecule has 164 valence electrons. The van der Waals surface area contributed by atoms with Crippen LogP contribution in [0.3, 0.4) is 0 Å². The van der Waals surface area contributed by atoms with Gasteiger partial charge in [0.2, 0.25) is 10.0 Å². The smallest absolute Gasteiger partial charge is 0.314 e. The van der Waals surface area contributed by atoms with E-state index in [1.54, 1.807) is 12.1 Å². The molecule has 2 atom stereocenters. The van der Waals surface area contributed by atoms with Crippen molar-refractivity contribution in [3.8, 4) is 0 Å². The van der Waals surface area contributed by atoms with Crippen molar-refractivity contribution in [1.82, 2.24) is 4.31 Å². The number of carboxylic acid groups (broad SMARTS) is 1. The van der Waals surface area contributed by atoms with Gasteiger partial charge in [-0.25, -0.2) is 8.42 Å². The minimum absolute atomic E-state index is 0.0992. The summed E-state index contributed by atoms with van der Waals surface area (Å²) in [7, 11) is -3.63. The van der Waals surface area contributed by atoms with Crippen LogP contribution in [0, 0.1) is 10.1 Å². The molecule has 0 aromatic heterocycles. The number of nitro benzene ring substituents is 1. The van der Waals surface area contributed by atoms with Crippen LogP contribution in [0.15, 0.2) is 53.4 Å². The van der Waals surface area contributed by atoms with Gasteiger partial charge in [-0.05, 0) is 36.1 Å². The molecule has 1 saturated heterocycles. The molecule has 1 saturated carbocycles. The van der Waals surface area contributed by atoms with Gasteiger partial charge in [-0.3, -0.25) is 14.9 Å². The van der Waals surface area contributed by atoms with Crippen LogP contribution in [-0.2, 0) is 25.0 Å². The van der Waals surface area contributed by atoms with E-state index in [0.29, 0.717) is 44.7 Å². The monoisotopic (exact) mass is 446 g/mol. The molecular weight excluding hydrogens is 424 g/mol. The molecule has 0 amide bonds. The van der Waals surface area contributed by atoms with Gasteiger partial charge in [-0.15, -0.1) is 0 Å². The zero-order chi connectivity index (χ0) is 22.2. The summed E-state index contributed by atoms with van der Waals surface area (Å²) in [6.45, 7) is 1.31. The van der Waals surface area contributed by atoms with Gasteiger partial charge in [0.1, 0.15) is 0 Å². The minimum Gasteiger partial charge on any atom is -0.481 e. The Hall–Kier alpha value is -2.82. The molecule has 0 bridgehead atoms. The molecule has 1 aliphatic heterocycles. The van der Waals surface area contributed by atoms with Crippen molar-refractivity contribution >= 4 is 21.7 Å². The standard InChI is InChI=1S/C21H22N2O7S/c24-20(25)21(16-3-5-17(6-4-16)23(26)27)10-9-19(21)15-1-7-18(8-2-15)31(28,29)22-11-13-30-14-12-22/h1-8,19H,9-14H2,(H,24,25). The predicted molar refractivity (Wildman–Crippen MR) is 110 cm³/mol. The Morgan fingerprint density at radius 2 is 1.71 bits per heavy atom.